The van der Waals surface area contributed by atoms with Gasteiger partial charge in [-0.15, -0.1) is 0 Å². The summed E-state index contributed by atoms with van der Waals surface area (Å²) in [5, 5.41) is 17.8. The second-order valence-electron chi connectivity index (χ2n) is 7.32. The van der Waals surface area contributed by atoms with Crippen LogP contribution in [0.1, 0.15) is 41.4 Å². The van der Waals surface area contributed by atoms with Gasteiger partial charge in [-0.05, 0) is 37.8 Å². The zero-order valence-electron chi connectivity index (χ0n) is 15.1. The summed E-state index contributed by atoms with van der Waals surface area (Å²) in [6, 6.07) is 5.72. The molecule has 2 unspecified atom stereocenters. The van der Waals surface area contributed by atoms with E-state index in [-0.39, 0.29) is 5.91 Å². The fourth-order valence-electron chi connectivity index (χ4n) is 4.10. The number of rotatable bonds is 2. The van der Waals surface area contributed by atoms with Crippen molar-refractivity contribution in [1.29, 1.82) is 0 Å². The lowest BCUT2D eigenvalue weighted by Crippen LogP contribution is -2.42. The highest BCUT2D eigenvalue weighted by atomic mass is 16.5. The SMILES string of the molecule is COc1cccc2c1NCCC2(C)C(=O)n1nc2c(c1N)CC(O)CC2. The van der Waals surface area contributed by atoms with Crippen molar-refractivity contribution in [3.05, 3.63) is 35.0 Å². The Labute approximate surface area is 152 Å². The van der Waals surface area contributed by atoms with Gasteiger partial charge in [0.2, 0.25) is 0 Å². The Kier molecular flexibility index (Phi) is 3.91. The van der Waals surface area contributed by atoms with Crippen LogP contribution in [-0.4, -0.2) is 40.6 Å². The third kappa shape index (κ3) is 2.38. The number of para-hydroxylation sites is 1. The first-order chi connectivity index (χ1) is 12.5. The molecule has 138 valence electrons. The third-order valence-corrected chi connectivity index (χ3v) is 5.69. The number of hydrogen-bond donors (Lipinski definition) is 3. The minimum atomic E-state index is -0.753. The molecule has 1 aliphatic carbocycles. The average Bonchev–Trinajstić information content (AvgIpc) is 2.97. The van der Waals surface area contributed by atoms with E-state index >= 15 is 0 Å². The number of nitrogens with one attached hydrogen (secondary N) is 1. The number of aliphatic hydroxyl groups excluding tert-OH is 1. The van der Waals surface area contributed by atoms with Crippen molar-refractivity contribution in [1.82, 2.24) is 9.78 Å². The van der Waals surface area contributed by atoms with E-state index in [1.807, 2.05) is 25.1 Å². The number of methoxy groups -OCH3 is 1. The van der Waals surface area contributed by atoms with Crippen LogP contribution in [0.25, 0.3) is 0 Å². The molecule has 7 heteroatoms. The fourth-order valence-corrected chi connectivity index (χ4v) is 4.10. The second kappa shape index (κ2) is 6.02. The maximum atomic E-state index is 13.5. The largest absolute Gasteiger partial charge is 0.495 e. The van der Waals surface area contributed by atoms with Crippen LogP contribution < -0.4 is 15.8 Å². The van der Waals surface area contributed by atoms with Crippen LogP contribution in [0.2, 0.25) is 0 Å². The first-order valence-electron chi connectivity index (χ1n) is 8.96. The van der Waals surface area contributed by atoms with Gasteiger partial charge in [-0.3, -0.25) is 4.79 Å². The van der Waals surface area contributed by atoms with Crippen molar-refractivity contribution in [2.75, 3.05) is 24.7 Å². The molecule has 1 aliphatic heterocycles. The summed E-state index contributed by atoms with van der Waals surface area (Å²) in [5.41, 5.74) is 8.87. The van der Waals surface area contributed by atoms with E-state index in [0.29, 0.717) is 38.0 Å². The Morgan fingerprint density at radius 3 is 3.08 bits per heavy atom. The van der Waals surface area contributed by atoms with Gasteiger partial charge < -0.3 is 20.9 Å². The van der Waals surface area contributed by atoms with E-state index in [1.165, 1.54) is 4.68 Å². The number of anilines is 2. The Bertz CT molecular complexity index is 876. The summed E-state index contributed by atoms with van der Waals surface area (Å²) in [6.45, 7) is 2.60. The Morgan fingerprint density at radius 1 is 1.50 bits per heavy atom. The lowest BCUT2D eigenvalue weighted by Gasteiger charge is -2.35. The predicted molar refractivity (Wildman–Crippen MR) is 98.8 cm³/mol. The van der Waals surface area contributed by atoms with Crippen LogP contribution in [0.3, 0.4) is 0 Å². The van der Waals surface area contributed by atoms with E-state index in [2.05, 4.69) is 10.4 Å². The molecule has 2 heterocycles. The Balaban J connectivity index is 1.79. The van der Waals surface area contributed by atoms with Crippen molar-refractivity contribution >= 4 is 17.4 Å². The zero-order chi connectivity index (χ0) is 18.5. The third-order valence-electron chi connectivity index (χ3n) is 5.69. The van der Waals surface area contributed by atoms with Crippen LogP contribution in [0, 0.1) is 0 Å². The van der Waals surface area contributed by atoms with Crippen molar-refractivity contribution in [2.45, 2.75) is 44.1 Å². The minimum Gasteiger partial charge on any atom is -0.495 e. The number of ether oxygens (including phenoxy) is 1. The van der Waals surface area contributed by atoms with Crippen LogP contribution in [0.15, 0.2) is 18.2 Å². The quantitative estimate of drug-likeness (QED) is 0.757. The number of fused-ring (bicyclic) bond motifs is 2. The van der Waals surface area contributed by atoms with E-state index in [0.717, 1.165) is 28.3 Å². The highest BCUT2D eigenvalue weighted by molar-refractivity contribution is 5.94. The highest BCUT2D eigenvalue weighted by Gasteiger charge is 2.42. The number of carbonyl (C=O) groups excluding carboxylic acids is 1. The van der Waals surface area contributed by atoms with Gasteiger partial charge in [-0.2, -0.15) is 9.78 Å². The van der Waals surface area contributed by atoms with Gasteiger partial charge >= 0.3 is 0 Å². The molecule has 7 nitrogen and oxygen atoms in total. The van der Waals surface area contributed by atoms with E-state index in [4.69, 9.17) is 10.5 Å². The number of nitrogen functional groups attached to an aromatic ring is 1. The van der Waals surface area contributed by atoms with Gasteiger partial charge in [0.1, 0.15) is 11.6 Å². The normalized spacial score (nSPS) is 24.3. The number of carbonyl (C=O) groups is 1. The van der Waals surface area contributed by atoms with Gasteiger partial charge in [0.25, 0.3) is 5.91 Å². The molecular formula is C19H24N4O3. The summed E-state index contributed by atoms with van der Waals surface area (Å²) in [7, 11) is 1.62. The smallest absolute Gasteiger partial charge is 0.259 e. The van der Waals surface area contributed by atoms with Crippen LogP contribution in [0.4, 0.5) is 11.5 Å². The lowest BCUT2D eigenvalue weighted by atomic mass is 9.75. The molecule has 2 aliphatic rings. The molecule has 4 N–H and O–H groups in total. The van der Waals surface area contributed by atoms with Crippen LogP contribution in [0.5, 0.6) is 5.75 Å². The summed E-state index contributed by atoms with van der Waals surface area (Å²) in [5.74, 6) is 0.930. The molecule has 0 bridgehead atoms. The first-order valence-corrected chi connectivity index (χ1v) is 8.96. The number of aliphatic hydroxyl groups is 1. The van der Waals surface area contributed by atoms with Crippen molar-refractivity contribution in [3.63, 3.8) is 0 Å². The fraction of sp³-hybridized carbons (Fsp3) is 0.474. The summed E-state index contributed by atoms with van der Waals surface area (Å²) in [6.07, 6.45) is 1.97. The van der Waals surface area contributed by atoms with Crippen LogP contribution >= 0.6 is 0 Å². The number of hydrogen-bond acceptors (Lipinski definition) is 6. The van der Waals surface area contributed by atoms with Gasteiger partial charge in [-0.1, -0.05) is 12.1 Å². The highest BCUT2D eigenvalue weighted by Crippen LogP contribution is 2.43. The second-order valence-corrected chi connectivity index (χ2v) is 7.32. The molecule has 0 spiro atoms. The molecule has 0 saturated heterocycles. The van der Waals surface area contributed by atoms with Crippen molar-refractivity contribution < 1.29 is 14.6 Å². The van der Waals surface area contributed by atoms with E-state index < -0.39 is 11.5 Å². The van der Waals surface area contributed by atoms with E-state index in [1.54, 1.807) is 7.11 Å². The molecule has 1 aromatic heterocycles. The molecule has 1 aromatic carbocycles. The maximum Gasteiger partial charge on any atom is 0.259 e. The van der Waals surface area contributed by atoms with Gasteiger partial charge in [0.15, 0.2) is 0 Å². The minimum absolute atomic E-state index is 0.144. The number of aryl methyl sites for hydroxylation is 1. The molecule has 0 radical (unpaired) electrons. The molecular weight excluding hydrogens is 332 g/mol. The molecule has 0 amide bonds. The Morgan fingerprint density at radius 2 is 2.31 bits per heavy atom. The predicted octanol–water partition coefficient (Wildman–Crippen LogP) is 1.74. The molecule has 26 heavy (non-hydrogen) atoms. The van der Waals surface area contributed by atoms with Gasteiger partial charge in [0.05, 0.1) is 30.0 Å². The van der Waals surface area contributed by atoms with Crippen molar-refractivity contribution in [3.8, 4) is 5.75 Å². The zero-order valence-corrected chi connectivity index (χ0v) is 15.1. The number of nitrogens with zero attached hydrogens (tertiary/aromatic N) is 2. The van der Waals surface area contributed by atoms with Crippen LogP contribution in [-0.2, 0) is 18.3 Å². The lowest BCUT2D eigenvalue weighted by molar-refractivity contribution is 0.0785. The molecule has 0 fully saturated rings. The molecule has 0 saturated carbocycles. The first kappa shape index (κ1) is 16.9. The summed E-state index contributed by atoms with van der Waals surface area (Å²) < 4.78 is 6.79. The average molecular weight is 356 g/mol. The summed E-state index contributed by atoms with van der Waals surface area (Å²) in [4.78, 5) is 13.5. The Hall–Kier alpha value is -2.54. The number of nitrogens with two attached hydrogens (primary N) is 1. The maximum absolute atomic E-state index is 13.5. The van der Waals surface area contributed by atoms with Gasteiger partial charge in [-0.25, -0.2) is 0 Å². The van der Waals surface area contributed by atoms with Crippen molar-refractivity contribution in [2.24, 2.45) is 0 Å². The molecule has 2 aromatic rings. The monoisotopic (exact) mass is 356 g/mol. The molecule has 2 atom stereocenters. The van der Waals surface area contributed by atoms with E-state index in [9.17, 15) is 9.90 Å². The topological polar surface area (TPSA) is 102 Å². The number of benzene rings is 1. The number of aromatic nitrogens is 2. The summed E-state index contributed by atoms with van der Waals surface area (Å²) >= 11 is 0. The standard InChI is InChI=1S/C19H24N4O3/c1-19(8-9-21-16-13(19)4-3-5-15(16)26-2)18(25)23-17(20)12-10-11(24)6-7-14(12)22-23/h3-5,11,21,24H,6-10,20H2,1-2H3. The van der Waals surface area contributed by atoms with Gasteiger partial charge in [0, 0.05) is 18.5 Å². The molecule has 4 rings (SSSR count).